The molecule has 0 aliphatic heterocycles. The molecule has 0 unspecified atom stereocenters. The van der Waals surface area contributed by atoms with Gasteiger partial charge in [-0.1, -0.05) is 25.1 Å². The third-order valence-corrected chi connectivity index (χ3v) is 2.72. The van der Waals surface area contributed by atoms with Crippen molar-refractivity contribution in [2.24, 2.45) is 0 Å². The first kappa shape index (κ1) is 14.5. The number of para-hydroxylation sites is 1. The molecule has 0 heterocycles. The van der Waals surface area contributed by atoms with Gasteiger partial charge in [0, 0.05) is 13.1 Å². The molecule has 1 rings (SSSR count). The van der Waals surface area contributed by atoms with E-state index in [9.17, 15) is 4.79 Å². The van der Waals surface area contributed by atoms with Crippen molar-refractivity contribution in [3.63, 3.8) is 0 Å². The Morgan fingerprint density at radius 2 is 2.00 bits per heavy atom. The van der Waals surface area contributed by atoms with Crippen LogP contribution in [0.1, 0.15) is 19.8 Å². The molecule has 0 aliphatic rings. The molecule has 1 N–H and O–H groups in total. The quantitative estimate of drug-likeness (QED) is 0.684. The summed E-state index contributed by atoms with van der Waals surface area (Å²) in [7, 11) is 0. The van der Waals surface area contributed by atoms with E-state index in [1.54, 1.807) is 0 Å². The number of hydrogen-bond donors (Lipinski definition) is 1. The number of rotatable bonds is 9. The molecule has 0 bridgehead atoms. The smallest absolute Gasteiger partial charge is 0.304 e. The first-order chi connectivity index (χ1) is 8.72. The van der Waals surface area contributed by atoms with Gasteiger partial charge in [-0.05, 0) is 25.1 Å². The third-order valence-electron chi connectivity index (χ3n) is 2.72. The third kappa shape index (κ3) is 6.25. The van der Waals surface area contributed by atoms with Gasteiger partial charge < -0.3 is 14.7 Å². The fraction of sp³-hybridized carbons (Fsp3) is 0.500. The Kier molecular flexibility index (Phi) is 6.87. The minimum atomic E-state index is -0.742. The van der Waals surface area contributed by atoms with Gasteiger partial charge in [0.2, 0.25) is 0 Å². The predicted octanol–water partition coefficient (Wildman–Crippen LogP) is 2.25. The number of ether oxygens (including phenoxy) is 1. The molecular weight excluding hydrogens is 230 g/mol. The highest BCUT2D eigenvalue weighted by molar-refractivity contribution is 5.66. The summed E-state index contributed by atoms with van der Waals surface area (Å²) in [6.45, 7) is 5.06. The summed E-state index contributed by atoms with van der Waals surface area (Å²) in [5.74, 6) is 0.139. The van der Waals surface area contributed by atoms with E-state index in [-0.39, 0.29) is 6.42 Å². The lowest BCUT2D eigenvalue weighted by molar-refractivity contribution is -0.137. The first-order valence-corrected chi connectivity index (χ1v) is 6.34. The molecule has 4 nitrogen and oxygen atoms in total. The number of carbonyl (C=O) groups is 1. The van der Waals surface area contributed by atoms with Crippen LogP contribution >= 0.6 is 0 Å². The van der Waals surface area contributed by atoms with Crippen molar-refractivity contribution < 1.29 is 14.6 Å². The maximum Gasteiger partial charge on any atom is 0.304 e. The molecule has 0 atom stereocenters. The van der Waals surface area contributed by atoms with Crippen LogP contribution in [-0.2, 0) is 4.79 Å². The predicted molar refractivity (Wildman–Crippen MR) is 70.9 cm³/mol. The van der Waals surface area contributed by atoms with Crippen molar-refractivity contribution in [3.05, 3.63) is 30.3 Å². The van der Waals surface area contributed by atoms with E-state index in [4.69, 9.17) is 9.84 Å². The van der Waals surface area contributed by atoms with Crippen LogP contribution in [0.4, 0.5) is 0 Å². The lowest BCUT2D eigenvalue weighted by Gasteiger charge is -2.19. The van der Waals surface area contributed by atoms with Crippen molar-refractivity contribution in [3.8, 4) is 5.75 Å². The maximum atomic E-state index is 10.5. The van der Waals surface area contributed by atoms with E-state index in [1.807, 2.05) is 37.3 Å². The first-order valence-electron chi connectivity index (χ1n) is 6.34. The van der Waals surface area contributed by atoms with Crippen LogP contribution in [0.5, 0.6) is 5.75 Å². The van der Waals surface area contributed by atoms with E-state index in [0.29, 0.717) is 13.2 Å². The van der Waals surface area contributed by atoms with Crippen molar-refractivity contribution in [1.82, 2.24) is 4.90 Å². The van der Waals surface area contributed by atoms with E-state index in [0.717, 1.165) is 25.3 Å². The zero-order valence-electron chi connectivity index (χ0n) is 10.8. The van der Waals surface area contributed by atoms with Crippen molar-refractivity contribution >= 4 is 5.97 Å². The topological polar surface area (TPSA) is 49.8 Å². The highest BCUT2D eigenvalue weighted by Crippen LogP contribution is 2.08. The highest BCUT2D eigenvalue weighted by Gasteiger charge is 2.05. The van der Waals surface area contributed by atoms with E-state index >= 15 is 0 Å². The molecule has 1 aromatic carbocycles. The molecule has 18 heavy (non-hydrogen) atoms. The normalized spacial score (nSPS) is 10.6. The van der Waals surface area contributed by atoms with Crippen LogP contribution in [0.15, 0.2) is 30.3 Å². The van der Waals surface area contributed by atoms with Crippen LogP contribution in [-0.4, -0.2) is 42.2 Å². The second-order valence-electron chi connectivity index (χ2n) is 4.09. The molecule has 0 saturated heterocycles. The molecule has 0 spiro atoms. The van der Waals surface area contributed by atoms with Gasteiger partial charge in [0.15, 0.2) is 0 Å². The number of aliphatic carboxylic acids is 1. The van der Waals surface area contributed by atoms with Crippen LogP contribution in [0.3, 0.4) is 0 Å². The number of carboxylic acids is 1. The van der Waals surface area contributed by atoms with Crippen LogP contribution in [0, 0.1) is 0 Å². The number of benzene rings is 1. The summed E-state index contributed by atoms with van der Waals surface area (Å²) >= 11 is 0. The Morgan fingerprint density at radius 1 is 1.28 bits per heavy atom. The lowest BCUT2D eigenvalue weighted by atomic mass is 10.3. The van der Waals surface area contributed by atoms with Gasteiger partial charge in [0.25, 0.3) is 0 Å². The van der Waals surface area contributed by atoms with Crippen molar-refractivity contribution in [2.75, 3.05) is 26.2 Å². The Bertz CT molecular complexity index is 340. The number of nitrogens with zero attached hydrogens (tertiary/aromatic N) is 1. The van der Waals surface area contributed by atoms with Crippen LogP contribution in [0.2, 0.25) is 0 Å². The van der Waals surface area contributed by atoms with E-state index in [2.05, 4.69) is 4.90 Å². The maximum absolute atomic E-state index is 10.5. The lowest BCUT2D eigenvalue weighted by Crippen LogP contribution is -2.28. The summed E-state index contributed by atoms with van der Waals surface area (Å²) in [4.78, 5) is 12.6. The van der Waals surface area contributed by atoms with Crippen LogP contribution in [0.25, 0.3) is 0 Å². The van der Waals surface area contributed by atoms with Gasteiger partial charge in [-0.2, -0.15) is 0 Å². The van der Waals surface area contributed by atoms with E-state index < -0.39 is 5.97 Å². The average Bonchev–Trinajstić information content (AvgIpc) is 2.39. The summed E-state index contributed by atoms with van der Waals surface area (Å²) in [6.07, 6.45) is 1.11. The van der Waals surface area contributed by atoms with Gasteiger partial charge >= 0.3 is 5.97 Å². The molecule has 100 valence electrons. The minimum absolute atomic E-state index is 0.202. The number of hydrogen-bond acceptors (Lipinski definition) is 3. The van der Waals surface area contributed by atoms with Gasteiger partial charge in [0.05, 0.1) is 13.0 Å². The summed E-state index contributed by atoms with van der Waals surface area (Å²) in [5.41, 5.74) is 0. The Labute approximate surface area is 108 Å². The average molecular weight is 251 g/mol. The van der Waals surface area contributed by atoms with Gasteiger partial charge in [-0.25, -0.2) is 0 Å². The summed E-state index contributed by atoms with van der Waals surface area (Å²) in [5, 5.41) is 8.63. The molecule has 0 aliphatic carbocycles. The molecule has 0 aromatic heterocycles. The highest BCUT2D eigenvalue weighted by atomic mass is 16.5. The Balaban J connectivity index is 2.13. The fourth-order valence-corrected chi connectivity index (χ4v) is 1.68. The van der Waals surface area contributed by atoms with E-state index in [1.165, 1.54) is 0 Å². The second-order valence-corrected chi connectivity index (χ2v) is 4.09. The van der Waals surface area contributed by atoms with Gasteiger partial charge in [-0.3, -0.25) is 4.79 Å². The monoisotopic (exact) mass is 251 g/mol. The SMILES string of the molecule is CCN(CCCOc1ccccc1)CCC(=O)O. The standard InChI is InChI=1S/C14H21NO3/c1-2-15(11-9-14(16)17)10-6-12-18-13-7-4-3-5-8-13/h3-5,7-8H,2,6,9-12H2,1H3,(H,16,17). The molecule has 0 fully saturated rings. The Hall–Kier alpha value is -1.55. The van der Waals surface area contributed by atoms with Crippen molar-refractivity contribution in [2.45, 2.75) is 19.8 Å². The summed E-state index contributed by atoms with van der Waals surface area (Å²) < 4.78 is 5.58. The molecule has 0 saturated carbocycles. The van der Waals surface area contributed by atoms with Gasteiger partial charge in [-0.15, -0.1) is 0 Å². The Morgan fingerprint density at radius 3 is 2.61 bits per heavy atom. The summed E-state index contributed by atoms with van der Waals surface area (Å²) in [6, 6.07) is 9.71. The van der Waals surface area contributed by atoms with Crippen molar-refractivity contribution in [1.29, 1.82) is 0 Å². The molecule has 4 heteroatoms. The minimum Gasteiger partial charge on any atom is -0.494 e. The fourth-order valence-electron chi connectivity index (χ4n) is 1.68. The molecule has 1 aromatic rings. The molecule has 0 amide bonds. The second kappa shape index (κ2) is 8.53. The zero-order chi connectivity index (χ0) is 13.2. The largest absolute Gasteiger partial charge is 0.494 e. The van der Waals surface area contributed by atoms with Crippen LogP contribution < -0.4 is 4.74 Å². The molecule has 0 radical (unpaired) electrons. The number of carboxylic acid groups (broad SMARTS) is 1. The zero-order valence-corrected chi connectivity index (χ0v) is 10.8. The molecular formula is C14H21NO3. The van der Waals surface area contributed by atoms with Gasteiger partial charge in [0.1, 0.15) is 5.75 Å².